The number of hydrogen-bond acceptors (Lipinski definition) is 6. The zero-order valence-corrected chi connectivity index (χ0v) is 26.7. The maximum atomic E-state index is 14.5. The lowest BCUT2D eigenvalue weighted by atomic mass is 9.83. The van der Waals surface area contributed by atoms with E-state index in [1.54, 1.807) is 0 Å². The summed E-state index contributed by atoms with van der Waals surface area (Å²) in [5.74, 6) is -0.262. The first kappa shape index (κ1) is 31.0. The molecule has 10 heteroatoms. The van der Waals surface area contributed by atoms with Crippen molar-refractivity contribution < 1.29 is 14.3 Å². The second-order valence-electron chi connectivity index (χ2n) is 12.2. The van der Waals surface area contributed by atoms with E-state index in [1.165, 1.54) is 0 Å². The number of ether oxygens (including phenoxy) is 1. The number of morpholine rings is 1. The molecule has 45 heavy (non-hydrogen) atoms. The Morgan fingerprint density at radius 3 is 2.24 bits per heavy atom. The van der Waals surface area contributed by atoms with Crippen LogP contribution in [0.4, 0.5) is 11.4 Å². The van der Waals surface area contributed by atoms with Crippen molar-refractivity contribution in [2.24, 2.45) is 0 Å². The van der Waals surface area contributed by atoms with Gasteiger partial charge in [-0.05, 0) is 67.5 Å². The molecule has 3 fully saturated rings. The van der Waals surface area contributed by atoms with E-state index < -0.39 is 5.54 Å². The number of amides is 2. The van der Waals surface area contributed by atoms with Crippen molar-refractivity contribution in [3.8, 4) is 0 Å². The quantitative estimate of drug-likeness (QED) is 0.347. The summed E-state index contributed by atoms with van der Waals surface area (Å²) in [4.78, 5) is 37.2. The van der Waals surface area contributed by atoms with Crippen LogP contribution < -0.4 is 15.5 Å². The van der Waals surface area contributed by atoms with Crippen molar-refractivity contribution in [3.63, 3.8) is 0 Å². The fourth-order valence-corrected chi connectivity index (χ4v) is 6.81. The fourth-order valence-electron chi connectivity index (χ4n) is 6.53. The minimum atomic E-state index is -1.02. The van der Waals surface area contributed by atoms with Gasteiger partial charge in [0.1, 0.15) is 5.54 Å². The zero-order chi connectivity index (χ0) is 31.2. The van der Waals surface area contributed by atoms with Crippen LogP contribution in [0.1, 0.15) is 30.0 Å². The number of hydrogen-bond donors (Lipinski definition) is 2. The molecule has 0 saturated carbocycles. The molecule has 9 nitrogen and oxygen atoms in total. The summed E-state index contributed by atoms with van der Waals surface area (Å²) in [6, 6.07) is 28.1. The lowest BCUT2D eigenvalue weighted by molar-refractivity contribution is -0.149. The molecule has 0 radical (unpaired) electrons. The van der Waals surface area contributed by atoms with Crippen LogP contribution in [0.2, 0.25) is 0 Å². The number of rotatable bonds is 9. The van der Waals surface area contributed by atoms with Crippen molar-refractivity contribution in [2.45, 2.75) is 31.0 Å². The molecule has 2 amide bonds. The molecule has 0 aliphatic carbocycles. The van der Waals surface area contributed by atoms with Crippen molar-refractivity contribution in [3.05, 3.63) is 96.1 Å². The first-order valence-corrected chi connectivity index (χ1v) is 16.2. The second kappa shape index (κ2) is 14.0. The van der Waals surface area contributed by atoms with E-state index in [2.05, 4.69) is 39.6 Å². The van der Waals surface area contributed by atoms with Crippen molar-refractivity contribution in [2.75, 3.05) is 69.7 Å². The molecule has 3 heterocycles. The lowest BCUT2D eigenvalue weighted by Crippen LogP contribution is -2.64. The van der Waals surface area contributed by atoms with Gasteiger partial charge in [0.25, 0.3) is 0 Å². The summed E-state index contributed by atoms with van der Waals surface area (Å²) in [5, 5.41) is 7.14. The van der Waals surface area contributed by atoms with Crippen LogP contribution >= 0.6 is 12.2 Å². The van der Waals surface area contributed by atoms with Gasteiger partial charge in [-0.15, -0.1) is 0 Å². The third kappa shape index (κ3) is 7.13. The van der Waals surface area contributed by atoms with E-state index in [0.717, 1.165) is 35.6 Å². The molecule has 3 aliphatic rings. The minimum absolute atomic E-state index is 0.00935. The lowest BCUT2D eigenvalue weighted by Gasteiger charge is -2.47. The van der Waals surface area contributed by atoms with Crippen LogP contribution in [-0.4, -0.2) is 96.7 Å². The molecule has 3 saturated heterocycles. The van der Waals surface area contributed by atoms with Gasteiger partial charge in [-0.3, -0.25) is 9.59 Å². The predicted octanol–water partition coefficient (Wildman–Crippen LogP) is 3.89. The van der Waals surface area contributed by atoms with Crippen molar-refractivity contribution in [1.82, 2.24) is 20.0 Å². The Hall–Kier alpha value is -3.99. The van der Waals surface area contributed by atoms with E-state index in [4.69, 9.17) is 17.0 Å². The Labute approximate surface area is 271 Å². The molecule has 3 aliphatic heterocycles. The van der Waals surface area contributed by atoms with E-state index in [1.807, 2.05) is 82.6 Å². The summed E-state index contributed by atoms with van der Waals surface area (Å²) in [6.07, 6.45) is 1.07. The average molecular weight is 627 g/mol. The van der Waals surface area contributed by atoms with Gasteiger partial charge in [-0.2, -0.15) is 0 Å². The topological polar surface area (TPSA) is 80.4 Å². The van der Waals surface area contributed by atoms with Gasteiger partial charge in [-0.25, -0.2) is 0 Å². The van der Waals surface area contributed by atoms with Gasteiger partial charge in [-0.1, -0.05) is 60.7 Å². The standard InChI is InChI=1S/C35H42N6O3S/c1-38-18-16-35(17-19-38,33(43)36-29-12-14-30(15-13-29)39-20-22-44-23-21-39)41(24-27-8-4-2-5-9-27)32(42)26-40-25-31(37-34(40)45)28-10-6-3-7-11-28/h2-15,31H,16-26H2,1H3,(H,36,43)(H,37,45)/t31-/m0/s1. The van der Waals surface area contributed by atoms with E-state index in [-0.39, 0.29) is 24.4 Å². The molecule has 3 aromatic rings. The SMILES string of the molecule is CN1CCC(C(=O)Nc2ccc(N3CCOCC3)cc2)(N(Cc2ccccc2)C(=O)CN2C[C@@H](c3ccccc3)NC2=S)CC1. The Bertz CT molecular complexity index is 1460. The first-order chi connectivity index (χ1) is 21.9. The second-order valence-corrected chi connectivity index (χ2v) is 12.6. The summed E-state index contributed by atoms with van der Waals surface area (Å²) in [7, 11) is 2.06. The van der Waals surface area contributed by atoms with Crippen molar-refractivity contribution in [1.29, 1.82) is 0 Å². The van der Waals surface area contributed by atoms with Gasteiger partial charge in [0, 0.05) is 50.6 Å². The van der Waals surface area contributed by atoms with Crippen LogP contribution in [0.15, 0.2) is 84.9 Å². The molecule has 1 atom stereocenters. The number of benzene rings is 3. The smallest absolute Gasteiger partial charge is 0.250 e. The largest absolute Gasteiger partial charge is 0.378 e. The molecular weight excluding hydrogens is 584 g/mol. The highest BCUT2D eigenvalue weighted by Crippen LogP contribution is 2.33. The molecule has 3 aromatic carbocycles. The number of thiocarbonyl (C=S) groups is 1. The summed E-state index contributed by atoms with van der Waals surface area (Å²) >= 11 is 5.70. The van der Waals surface area contributed by atoms with Crippen LogP contribution in [0.5, 0.6) is 0 Å². The normalized spacial score (nSPS) is 20.0. The number of nitrogens with one attached hydrogen (secondary N) is 2. The number of likely N-dealkylation sites (tertiary alicyclic amines) is 1. The van der Waals surface area contributed by atoms with Gasteiger partial charge in [0.05, 0.1) is 25.8 Å². The number of carbonyl (C=O) groups excluding carboxylic acids is 2. The molecule has 0 aromatic heterocycles. The van der Waals surface area contributed by atoms with Crippen LogP contribution in [0, 0.1) is 0 Å². The highest BCUT2D eigenvalue weighted by Gasteiger charge is 2.48. The van der Waals surface area contributed by atoms with E-state index in [9.17, 15) is 9.59 Å². The number of carbonyl (C=O) groups is 2. The van der Waals surface area contributed by atoms with Gasteiger partial charge < -0.3 is 35.0 Å². The molecule has 0 spiro atoms. The third-order valence-electron chi connectivity index (χ3n) is 9.26. The van der Waals surface area contributed by atoms with Gasteiger partial charge in [0.2, 0.25) is 11.8 Å². The Kier molecular flexibility index (Phi) is 9.63. The highest BCUT2D eigenvalue weighted by atomic mass is 32.1. The summed E-state index contributed by atoms with van der Waals surface area (Å²) in [5.41, 5.74) is 2.92. The van der Waals surface area contributed by atoms with Crippen LogP contribution in [-0.2, 0) is 20.9 Å². The average Bonchev–Trinajstić information content (AvgIpc) is 3.45. The maximum absolute atomic E-state index is 14.5. The summed E-state index contributed by atoms with van der Waals surface area (Å²) in [6.45, 7) is 5.57. The van der Waals surface area contributed by atoms with E-state index >= 15 is 0 Å². The molecule has 236 valence electrons. The third-order valence-corrected chi connectivity index (χ3v) is 9.63. The van der Waals surface area contributed by atoms with Crippen molar-refractivity contribution >= 4 is 40.5 Å². The molecule has 2 N–H and O–H groups in total. The predicted molar refractivity (Wildman–Crippen MR) is 181 cm³/mol. The molecule has 0 bridgehead atoms. The molecule has 6 rings (SSSR count). The van der Waals surface area contributed by atoms with Gasteiger partial charge >= 0.3 is 0 Å². The van der Waals surface area contributed by atoms with Crippen LogP contribution in [0.25, 0.3) is 0 Å². The monoisotopic (exact) mass is 626 g/mol. The van der Waals surface area contributed by atoms with E-state index in [0.29, 0.717) is 57.3 Å². The Balaban J connectivity index is 1.25. The Morgan fingerprint density at radius 2 is 1.58 bits per heavy atom. The van der Waals surface area contributed by atoms with Gasteiger partial charge in [0.15, 0.2) is 5.11 Å². The number of piperidine rings is 1. The maximum Gasteiger partial charge on any atom is 0.250 e. The highest BCUT2D eigenvalue weighted by molar-refractivity contribution is 7.80. The number of nitrogens with zero attached hydrogens (tertiary/aromatic N) is 4. The minimum Gasteiger partial charge on any atom is -0.378 e. The first-order valence-electron chi connectivity index (χ1n) is 15.8. The van der Waals surface area contributed by atoms with Crippen LogP contribution in [0.3, 0.4) is 0 Å². The molecule has 0 unspecified atom stereocenters. The zero-order valence-electron chi connectivity index (χ0n) is 25.9. The number of anilines is 2. The fraction of sp³-hybridized carbons (Fsp3) is 0.400. The molecular formula is C35H42N6O3S. The Morgan fingerprint density at radius 1 is 0.933 bits per heavy atom. The summed E-state index contributed by atoms with van der Waals surface area (Å²) < 4.78 is 5.49.